The smallest absolute Gasteiger partial charge is 0.238 e. The molecule has 2 aromatic carbocycles. The van der Waals surface area contributed by atoms with Crippen molar-refractivity contribution in [2.24, 2.45) is 0 Å². The maximum atomic E-state index is 13.4. The van der Waals surface area contributed by atoms with Gasteiger partial charge in [0.05, 0.1) is 18.8 Å². The van der Waals surface area contributed by atoms with Gasteiger partial charge in [0.25, 0.3) is 0 Å². The largest absolute Gasteiger partial charge is 0.332 e. The van der Waals surface area contributed by atoms with E-state index in [0.717, 1.165) is 16.0 Å². The van der Waals surface area contributed by atoms with E-state index in [4.69, 9.17) is 0 Å². The number of nitrogens with zero attached hydrogens (tertiary/aromatic N) is 2. The van der Waals surface area contributed by atoms with Crippen molar-refractivity contribution in [2.45, 2.75) is 45.7 Å². The van der Waals surface area contributed by atoms with E-state index in [1.165, 1.54) is 16.4 Å². The molecule has 176 valence electrons. The van der Waals surface area contributed by atoms with Gasteiger partial charge in [-0.1, -0.05) is 42.5 Å². The minimum atomic E-state index is -3.71. The van der Waals surface area contributed by atoms with E-state index in [9.17, 15) is 17.6 Å². The number of carbonyl (C=O) groups excluding carboxylic acids is 1. The van der Waals surface area contributed by atoms with Crippen LogP contribution in [0.1, 0.15) is 35.4 Å². The summed E-state index contributed by atoms with van der Waals surface area (Å²) in [5.74, 6) is -0.803. The van der Waals surface area contributed by atoms with Crippen LogP contribution >= 0.6 is 11.3 Å². The normalized spacial score (nSPS) is 11.8. The molecule has 8 heteroatoms. The number of halogens is 1. The van der Waals surface area contributed by atoms with Crippen LogP contribution in [0.5, 0.6) is 0 Å². The first-order valence-electron chi connectivity index (χ1n) is 10.7. The van der Waals surface area contributed by atoms with Gasteiger partial charge in [0.2, 0.25) is 15.9 Å². The molecule has 0 aliphatic carbocycles. The highest BCUT2D eigenvalue weighted by Crippen LogP contribution is 2.21. The highest BCUT2D eigenvalue weighted by Gasteiger charge is 2.29. The molecule has 0 aliphatic rings. The molecular formula is C25H29FN2O3S2. The van der Waals surface area contributed by atoms with E-state index in [1.54, 1.807) is 66.5 Å². The van der Waals surface area contributed by atoms with Crippen molar-refractivity contribution in [3.05, 3.63) is 93.4 Å². The van der Waals surface area contributed by atoms with Gasteiger partial charge in [-0.2, -0.15) is 4.31 Å². The number of benzene rings is 2. The fourth-order valence-corrected chi connectivity index (χ4v) is 6.13. The fourth-order valence-electron chi connectivity index (χ4n) is 3.49. The third kappa shape index (κ3) is 6.96. The van der Waals surface area contributed by atoms with Crippen molar-refractivity contribution >= 4 is 27.3 Å². The maximum Gasteiger partial charge on any atom is 0.238 e. The number of amides is 1. The van der Waals surface area contributed by atoms with Gasteiger partial charge >= 0.3 is 0 Å². The van der Waals surface area contributed by atoms with E-state index in [2.05, 4.69) is 0 Å². The quantitative estimate of drug-likeness (QED) is 0.405. The Hall–Kier alpha value is -2.55. The summed E-state index contributed by atoms with van der Waals surface area (Å²) in [5, 5.41) is 1.97. The molecule has 3 rings (SSSR count). The molecule has 1 heterocycles. The molecule has 0 saturated carbocycles. The zero-order chi connectivity index (χ0) is 24.0. The van der Waals surface area contributed by atoms with Crippen molar-refractivity contribution < 1.29 is 17.6 Å². The third-order valence-corrected chi connectivity index (χ3v) is 8.33. The second-order valence-corrected chi connectivity index (χ2v) is 11.2. The minimum absolute atomic E-state index is 0.165. The molecule has 0 fully saturated rings. The first kappa shape index (κ1) is 25.1. The number of aryl methyl sites for hydroxylation is 1. The van der Waals surface area contributed by atoms with Gasteiger partial charge in [-0.05, 0) is 61.0 Å². The van der Waals surface area contributed by atoms with E-state index in [0.29, 0.717) is 12.1 Å². The predicted octanol–water partition coefficient (Wildman–Crippen LogP) is 4.96. The van der Waals surface area contributed by atoms with E-state index in [-0.39, 0.29) is 36.6 Å². The van der Waals surface area contributed by atoms with Crippen LogP contribution in [0.3, 0.4) is 0 Å². The van der Waals surface area contributed by atoms with Crippen molar-refractivity contribution in [2.75, 3.05) is 6.54 Å². The number of sulfonamides is 1. The first-order chi connectivity index (χ1) is 15.7. The topological polar surface area (TPSA) is 57.7 Å². The lowest BCUT2D eigenvalue weighted by Gasteiger charge is -2.29. The summed E-state index contributed by atoms with van der Waals surface area (Å²) in [5.41, 5.74) is 2.53. The molecule has 0 atom stereocenters. The van der Waals surface area contributed by atoms with Crippen LogP contribution in [0.4, 0.5) is 4.39 Å². The zero-order valence-corrected chi connectivity index (χ0v) is 20.7. The Morgan fingerprint density at radius 2 is 1.64 bits per heavy atom. The van der Waals surface area contributed by atoms with Crippen LogP contribution in [0.2, 0.25) is 0 Å². The van der Waals surface area contributed by atoms with Gasteiger partial charge in [-0.15, -0.1) is 11.3 Å². The van der Waals surface area contributed by atoms with Gasteiger partial charge in [-0.25, -0.2) is 12.8 Å². The standard InChI is InChI=1S/C25H29FN2O3S2/c1-19(2)28(33(30,31)18-22-7-5-4-6-8-22)17-25(29)27(16-24-20(3)13-14-32-24)15-21-9-11-23(26)12-10-21/h4-14,19H,15-18H2,1-3H3. The van der Waals surface area contributed by atoms with Crippen LogP contribution in [-0.4, -0.2) is 36.1 Å². The fraction of sp³-hybridized carbons (Fsp3) is 0.320. The summed E-state index contributed by atoms with van der Waals surface area (Å²) in [6.07, 6.45) is 0. The number of thiophene rings is 1. The summed E-state index contributed by atoms with van der Waals surface area (Å²) in [6, 6.07) is 16.6. The lowest BCUT2D eigenvalue weighted by molar-refractivity contribution is -0.132. The van der Waals surface area contributed by atoms with Crippen molar-refractivity contribution in [1.29, 1.82) is 0 Å². The Labute approximate surface area is 199 Å². The Balaban J connectivity index is 1.83. The Morgan fingerprint density at radius 1 is 0.970 bits per heavy atom. The van der Waals surface area contributed by atoms with Crippen molar-refractivity contribution in [3.8, 4) is 0 Å². The molecule has 1 amide bonds. The van der Waals surface area contributed by atoms with E-state index in [1.807, 2.05) is 24.4 Å². The van der Waals surface area contributed by atoms with Crippen LogP contribution in [0.15, 0.2) is 66.0 Å². The van der Waals surface area contributed by atoms with E-state index < -0.39 is 10.0 Å². The average Bonchev–Trinajstić information content (AvgIpc) is 3.17. The van der Waals surface area contributed by atoms with Crippen LogP contribution in [-0.2, 0) is 33.7 Å². The molecule has 0 saturated heterocycles. The van der Waals surface area contributed by atoms with Crippen LogP contribution in [0.25, 0.3) is 0 Å². The van der Waals surface area contributed by atoms with Gasteiger partial charge in [0.15, 0.2) is 0 Å². The molecule has 0 bridgehead atoms. The molecule has 0 spiro atoms. The molecular weight excluding hydrogens is 459 g/mol. The Bertz CT molecular complexity index is 1160. The number of hydrogen-bond acceptors (Lipinski definition) is 4. The summed E-state index contributed by atoms with van der Waals surface area (Å²) in [6.45, 7) is 5.90. The Morgan fingerprint density at radius 3 is 2.21 bits per heavy atom. The summed E-state index contributed by atoms with van der Waals surface area (Å²) < 4.78 is 41.0. The molecule has 0 aliphatic heterocycles. The second kappa shape index (κ2) is 11.0. The Kier molecular flexibility index (Phi) is 8.40. The summed E-state index contributed by atoms with van der Waals surface area (Å²) in [7, 11) is -3.71. The van der Waals surface area contributed by atoms with Gasteiger partial charge in [0.1, 0.15) is 5.82 Å². The van der Waals surface area contributed by atoms with E-state index >= 15 is 0 Å². The van der Waals surface area contributed by atoms with Gasteiger partial charge in [-0.3, -0.25) is 4.79 Å². The lowest BCUT2D eigenvalue weighted by atomic mass is 10.2. The van der Waals surface area contributed by atoms with Crippen LogP contribution in [0, 0.1) is 12.7 Å². The number of rotatable bonds is 10. The first-order valence-corrected chi connectivity index (χ1v) is 13.2. The highest BCUT2D eigenvalue weighted by atomic mass is 32.2. The molecule has 3 aromatic rings. The van der Waals surface area contributed by atoms with Gasteiger partial charge in [0, 0.05) is 17.5 Å². The highest BCUT2D eigenvalue weighted by molar-refractivity contribution is 7.88. The van der Waals surface area contributed by atoms with Crippen molar-refractivity contribution in [1.82, 2.24) is 9.21 Å². The molecule has 5 nitrogen and oxygen atoms in total. The molecule has 33 heavy (non-hydrogen) atoms. The maximum absolute atomic E-state index is 13.4. The summed E-state index contributed by atoms with van der Waals surface area (Å²) in [4.78, 5) is 16.1. The average molecular weight is 489 g/mol. The minimum Gasteiger partial charge on any atom is -0.332 e. The van der Waals surface area contributed by atoms with Gasteiger partial charge < -0.3 is 4.90 Å². The monoisotopic (exact) mass is 488 g/mol. The van der Waals surface area contributed by atoms with Crippen LogP contribution < -0.4 is 0 Å². The third-order valence-electron chi connectivity index (χ3n) is 5.36. The summed E-state index contributed by atoms with van der Waals surface area (Å²) >= 11 is 1.56. The molecule has 1 aromatic heterocycles. The number of carbonyl (C=O) groups is 1. The zero-order valence-electron chi connectivity index (χ0n) is 19.1. The number of hydrogen-bond donors (Lipinski definition) is 0. The molecule has 0 unspecified atom stereocenters. The molecule has 0 N–H and O–H groups in total. The SMILES string of the molecule is Cc1ccsc1CN(Cc1ccc(F)cc1)C(=O)CN(C(C)C)S(=O)(=O)Cc1ccccc1. The second-order valence-electron chi connectivity index (χ2n) is 8.28. The lowest BCUT2D eigenvalue weighted by Crippen LogP contribution is -2.45. The predicted molar refractivity (Wildman–Crippen MR) is 131 cm³/mol. The molecule has 0 radical (unpaired) electrons. The van der Waals surface area contributed by atoms with Crippen molar-refractivity contribution in [3.63, 3.8) is 0 Å².